The Hall–Kier alpha value is -11.2. The molecule has 0 unspecified atom stereocenters. The number of ether oxygens (including phenoxy) is 7. The van der Waals surface area contributed by atoms with Gasteiger partial charge in [-0.05, 0) is 285 Å². The first-order valence-electron chi connectivity index (χ1n) is 46.0. The van der Waals surface area contributed by atoms with Crippen LogP contribution in [0.25, 0.3) is 59.4 Å². The van der Waals surface area contributed by atoms with Crippen molar-refractivity contribution >= 4 is 153 Å². The Morgan fingerprint density at radius 2 is 0.664 bits per heavy atom. The third-order valence-corrected chi connectivity index (χ3v) is 24.5. The molecule has 5 aliphatic rings. The zero-order valence-electron chi connectivity index (χ0n) is 83.9. The van der Waals surface area contributed by atoms with Crippen molar-refractivity contribution in [3.63, 3.8) is 0 Å². The van der Waals surface area contributed by atoms with Gasteiger partial charge in [-0.1, -0.05) is 197 Å². The Balaban J connectivity index is 0.000000254. The van der Waals surface area contributed by atoms with Crippen LogP contribution in [0.5, 0.6) is 0 Å². The predicted molar refractivity (Wildman–Crippen MR) is 540 cm³/mol. The van der Waals surface area contributed by atoms with E-state index in [1.54, 1.807) is 43.9 Å². The third-order valence-electron chi connectivity index (χ3n) is 23.1. The first-order valence-corrected chi connectivity index (χ1v) is 46.8. The van der Waals surface area contributed by atoms with Crippen LogP contribution in [0.4, 0.5) is 23.6 Å². The number of carboxylic acids is 2. The van der Waals surface area contributed by atoms with Crippen LogP contribution in [0.3, 0.4) is 0 Å². The second kappa shape index (κ2) is 51.0. The Kier molecular flexibility index (Phi) is 42.0. The summed E-state index contributed by atoms with van der Waals surface area (Å²) in [5, 5.41) is 27.6. The van der Waals surface area contributed by atoms with Crippen molar-refractivity contribution in [1.29, 1.82) is 0 Å². The van der Waals surface area contributed by atoms with Gasteiger partial charge in [0.1, 0.15) is 22.4 Å². The number of rotatable bonds is 9. The van der Waals surface area contributed by atoms with Crippen LogP contribution in [0.2, 0.25) is 0 Å². The van der Waals surface area contributed by atoms with Gasteiger partial charge in [-0.2, -0.15) is 0 Å². The quantitative estimate of drug-likeness (QED) is 0.0770. The number of carbonyl (C=O) groups excluding carboxylic acids is 7. The SMILES string of the molecule is CC.CC(C)(C)OC(=O)N1CC=C(B2OC(C)(C)C(C)(C)O2)CC1.CC(C)(C)OC(=O)N1CCC(c2ccc(C(=O)O)c3ccccc23)CC1.COC(=O)c1ccc(Br)c2ccccc12.COC(=O)c1ccc(C2=CCN(C(=O)OC(C)(C)C)CC2)c2ccccc12.COC(=O)c1ccc(C2CCN(C(=O)OC(C)(C)C)CC2)c2ccccc12.O=C(O)c1ccc(Br)c2ccccc12.[2H]CF.[Li+].[OH-]. The monoisotopic (exact) mass is 2000 g/mol. The van der Waals surface area contributed by atoms with Crippen molar-refractivity contribution in [2.24, 2.45) is 0 Å². The van der Waals surface area contributed by atoms with E-state index in [2.05, 4.69) is 44.0 Å². The molecule has 25 nitrogen and oxygen atoms in total. The summed E-state index contributed by atoms with van der Waals surface area (Å²) in [5.41, 5.74) is 5.56. The van der Waals surface area contributed by atoms with E-state index < -0.39 is 41.5 Å². The van der Waals surface area contributed by atoms with Crippen molar-refractivity contribution < 1.29 is 126 Å². The molecule has 0 bridgehead atoms. The number of amides is 4. The number of alkyl halides is 1. The molecule has 30 heteroatoms. The number of piperidine rings is 2. The molecule has 3 fully saturated rings. The smallest absolute Gasteiger partial charge is 0.870 e. The molecule has 137 heavy (non-hydrogen) atoms. The number of halogens is 3. The van der Waals surface area contributed by atoms with E-state index in [1.807, 2.05) is 282 Å². The number of carbonyl (C=O) groups is 9. The van der Waals surface area contributed by atoms with E-state index in [9.17, 15) is 52.6 Å². The molecule has 3 saturated heterocycles. The van der Waals surface area contributed by atoms with Gasteiger partial charge in [0.2, 0.25) is 0 Å². The Bertz CT molecular complexity index is 5960. The molecule has 5 heterocycles. The number of fused-ring (bicyclic) bond motifs is 5. The molecule has 0 spiro atoms. The number of methoxy groups -OCH3 is 3. The molecular formula is C107H131BBr2FLiN4O21. The van der Waals surface area contributed by atoms with Crippen LogP contribution in [-0.2, 0) is 42.5 Å². The Morgan fingerprint density at radius 1 is 0.394 bits per heavy atom. The second-order valence-corrected chi connectivity index (χ2v) is 39.2. The zero-order chi connectivity index (χ0) is 101. The first kappa shape index (κ1) is 113. The average molecular weight is 2010 g/mol. The minimum Gasteiger partial charge on any atom is -0.870 e. The van der Waals surface area contributed by atoms with Gasteiger partial charge in [0.25, 0.3) is 0 Å². The minimum atomic E-state index is -1.00. The summed E-state index contributed by atoms with van der Waals surface area (Å²) in [4.78, 5) is 114. The van der Waals surface area contributed by atoms with E-state index in [4.69, 9.17) is 48.9 Å². The normalized spacial score (nSPS) is 15.2. The van der Waals surface area contributed by atoms with Crippen molar-refractivity contribution in [3.8, 4) is 0 Å². The van der Waals surface area contributed by atoms with Crippen LogP contribution < -0.4 is 18.9 Å². The predicted octanol–water partition coefficient (Wildman–Crippen LogP) is 22.4. The number of benzene rings is 10. The molecule has 15 rings (SSSR count). The molecule has 0 aliphatic carbocycles. The van der Waals surface area contributed by atoms with E-state index in [1.165, 1.54) is 32.5 Å². The molecule has 5 aliphatic heterocycles. The maximum Gasteiger partial charge on any atom is 1.00 e. The second-order valence-electron chi connectivity index (χ2n) is 37.5. The van der Waals surface area contributed by atoms with Gasteiger partial charge < -0.3 is 77.8 Å². The molecule has 0 saturated carbocycles. The van der Waals surface area contributed by atoms with Gasteiger partial charge in [-0.25, -0.2) is 43.2 Å². The van der Waals surface area contributed by atoms with Crippen LogP contribution in [0.15, 0.2) is 209 Å². The summed E-state index contributed by atoms with van der Waals surface area (Å²) in [6.45, 7) is 39.6. The largest absolute Gasteiger partial charge is 1.00 e. The molecule has 0 radical (unpaired) electrons. The molecular weight excluding hydrogens is 1870 g/mol. The summed E-state index contributed by atoms with van der Waals surface area (Å²) in [7, 11) is 2.86. The fourth-order valence-corrected chi connectivity index (χ4v) is 16.8. The number of esters is 3. The summed E-state index contributed by atoms with van der Waals surface area (Å²) in [5.74, 6) is -2.12. The third kappa shape index (κ3) is 31.2. The zero-order valence-corrected chi connectivity index (χ0v) is 86.1. The van der Waals surface area contributed by atoms with Crippen molar-refractivity contribution in [2.75, 3.05) is 80.8 Å². The van der Waals surface area contributed by atoms with E-state index in [0.717, 1.165) is 118 Å². The maximum atomic E-state index is 12.3. The number of hydrogen-bond donors (Lipinski definition) is 2. The van der Waals surface area contributed by atoms with Crippen molar-refractivity contribution in [2.45, 2.75) is 209 Å². The van der Waals surface area contributed by atoms with E-state index >= 15 is 0 Å². The molecule has 0 atom stereocenters. The molecule has 10 aromatic carbocycles. The summed E-state index contributed by atoms with van der Waals surface area (Å²) >= 11 is 6.84. The number of carboxylic acid groups (broad SMARTS) is 2. The number of nitrogens with zero attached hydrogens (tertiary/aromatic N) is 4. The van der Waals surface area contributed by atoms with Crippen molar-refractivity contribution in [1.82, 2.24) is 19.6 Å². The average Bonchev–Trinajstić information content (AvgIpc) is 1.20. The van der Waals surface area contributed by atoms with E-state index in [-0.39, 0.29) is 84.9 Å². The molecule has 10 aromatic rings. The number of likely N-dealkylation sites (tertiary alicyclic amines) is 2. The van der Waals surface area contributed by atoms with Gasteiger partial charge in [-0.15, -0.1) is 0 Å². The van der Waals surface area contributed by atoms with Crippen LogP contribution in [0, 0.1) is 0 Å². The molecule has 3 N–H and O–H groups in total. The maximum absolute atomic E-state index is 12.3. The van der Waals surface area contributed by atoms with Gasteiger partial charge in [0.05, 0.1) is 68.9 Å². The van der Waals surface area contributed by atoms with Crippen LogP contribution in [-0.4, -0.2) is 211 Å². The standard InChI is InChI=1S/C22H27NO4.C22H25NO4.C21H25NO4.C16H28BNO4.C12H9BrO2.C11H7BrO2.C2H6.CH3F.Li.H2O/c2*1-22(2,3)27-21(25)23-13-11-15(12-14-23)16-9-10-19(20(24)26-4)18-8-6-5-7-17(16)18;1-21(2,3)26-20(25)22-12-10-14(11-13-22)15-8-9-18(19(23)24)17-7-5-4-6-16(15)17;1-14(2,3)20-13(19)18-10-8-12(9-11-18)17-21-15(4,5)16(6,7)22-17;1-15-12(14)10-6-7-11(13)9-5-3-2-4-8(9)10;12-10-6-5-9(11(13)14)7-3-1-2-4-8(7)10;2*1-2;;/h5-10,15H,11-14H2,1-4H3;5-11H,12-14H2,1-4H3;4-9,14H,10-13H2,1-3H3,(H,23,24);8H,9-11H2,1-7H3;2-7H,1H3;1-6H,(H,13,14);1-2H3;1H3;;1H2/q;;;;;;;;+1;/p-1/i;;;;;;;1D;;. The van der Waals surface area contributed by atoms with Gasteiger partial charge in [-0.3, -0.25) is 4.39 Å². The number of aromatic carboxylic acids is 2. The van der Waals surface area contributed by atoms with Crippen LogP contribution >= 0.6 is 31.9 Å². The minimum absolute atomic E-state index is 0. The summed E-state index contributed by atoms with van der Waals surface area (Å²) in [6, 6.07) is 56.8. The fraction of sp³-hybridized carbons (Fsp3) is 0.411. The summed E-state index contributed by atoms with van der Waals surface area (Å²) in [6.07, 6.45) is 7.95. The first-order chi connectivity index (χ1) is 64.1. The van der Waals surface area contributed by atoms with Gasteiger partial charge in [0.15, 0.2) is 0 Å². The number of hydrogen-bond acceptors (Lipinski definition) is 19. The fourth-order valence-electron chi connectivity index (χ4n) is 15.9. The van der Waals surface area contributed by atoms with Gasteiger partial charge >= 0.3 is 80.2 Å². The topological polar surface area (TPSA) is 320 Å². The molecule has 730 valence electrons. The summed E-state index contributed by atoms with van der Waals surface area (Å²) < 4.78 is 65.8. The Labute approximate surface area is 835 Å². The molecule has 0 aromatic heterocycles. The van der Waals surface area contributed by atoms with E-state index in [0.29, 0.717) is 92.0 Å². The Morgan fingerprint density at radius 3 is 0.985 bits per heavy atom. The van der Waals surface area contributed by atoms with Crippen LogP contribution in [0.1, 0.15) is 245 Å². The van der Waals surface area contributed by atoms with Crippen molar-refractivity contribution in [3.05, 3.63) is 253 Å². The molecule has 4 amide bonds. The van der Waals surface area contributed by atoms with Gasteiger partial charge in [0, 0.05) is 61.3 Å².